The first-order chi connectivity index (χ1) is 71.5. The summed E-state index contributed by atoms with van der Waals surface area (Å²) >= 11 is 0. The highest BCUT2D eigenvalue weighted by atomic mass is 19.1. The third-order valence-corrected chi connectivity index (χ3v) is 34.9. The van der Waals surface area contributed by atoms with E-state index in [4.69, 9.17) is 24.7 Å². The van der Waals surface area contributed by atoms with Gasteiger partial charge in [0.15, 0.2) is 0 Å². The maximum atomic E-state index is 14.0. The first-order valence-corrected chi connectivity index (χ1v) is 54.5. The normalized spacial score (nSPS) is 22.4. The molecule has 8 aromatic heterocycles. The molecule has 8 aromatic carbocycles. The van der Waals surface area contributed by atoms with E-state index in [1.807, 2.05) is 98.4 Å². The zero-order chi connectivity index (χ0) is 101. The van der Waals surface area contributed by atoms with E-state index < -0.39 is 0 Å². The van der Waals surface area contributed by atoms with Crippen molar-refractivity contribution in [2.24, 2.45) is 23.7 Å². The fourth-order valence-corrected chi connectivity index (χ4v) is 25.3. The molecule has 0 aliphatic heterocycles. The minimum absolute atomic E-state index is 0.00244. The predicted molar refractivity (Wildman–Crippen MR) is 573 cm³/mol. The Morgan fingerprint density at radius 1 is 0.293 bits per heavy atom. The molecule has 0 saturated heterocycles. The van der Waals surface area contributed by atoms with Crippen LogP contribution in [0.2, 0.25) is 0 Å². The number of hydrogen-bond donors (Lipinski definition) is 8. The van der Waals surface area contributed by atoms with Crippen molar-refractivity contribution in [3.63, 3.8) is 0 Å². The van der Waals surface area contributed by atoms with Crippen LogP contribution in [0, 0.1) is 53.9 Å². The topological polar surface area (TPSA) is 292 Å². The first kappa shape index (κ1) is 99.8. The summed E-state index contributed by atoms with van der Waals surface area (Å²) in [6.07, 6.45) is 41.6. The lowest BCUT2D eigenvalue weighted by molar-refractivity contribution is 0.0599. The van der Waals surface area contributed by atoms with Crippen molar-refractivity contribution in [2.45, 2.75) is 311 Å². The van der Waals surface area contributed by atoms with E-state index in [0.29, 0.717) is 117 Å². The number of aromatic nitrogens is 12. The van der Waals surface area contributed by atoms with Gasteiger partial charge in [0, 0.05) is 124 Å². The third kappa shape index (κ3) is 22.5. The number of halogens is 4. The molecule has 147 heavy (non-hydrogen) atoms. The fraction of sp³-hybridized carbons (Fsp3) is 0.443. The van der Waals surface area contributed by atoms with Gasteiger partial charge >= 0.3 is 0 Å². The molecule has 8 heterocycles. The van der Waals surface area contributed by atoms with Crippen molar-refractivity contribution < 1.29 is 41.5 Å². The van der Waals surface area contributed by atoms with Gasteiger partial charge in [-0.1, -0.05) is 47.0 Å². The molecule has 0 bridgehead atoms. The van der Waals surface area contributed by atoms with Crippen molar-refractivity contribution in [3.05, 3.63) is 285 Å². The summed E-state index contributed by atoms with van der Waals surface area (Å²) in [5.41, 5.74) is 19.5. The van der Waals surface area contributed by atoms with Crippen molar-refractivity contribution in [2.75, 3.05) is 7.11 Å². The van der Waals surface area contributed by atoms with Crippen molar-refractivity contribution in [1.29, 1.82) is 0 Å². The van der Waals surface area contributed by atoms with E-state index in [2.05, 4.69) is 113 Å². The summed E-state index contributed by atoms with van der Waals surface area (Å²) in [6, 6.07) is 50.1. The summed E-state index contributed by atoms with van der Waals surface area (Å²) in [5.74, 6) is 8.21. The van der Waals surface area contributed by atoms with Crippen LogP contribution in [0.4, 0.5) is 17.6 Å². The molecule has 762 valence electrons. The van der Waals surface area contributed by atoms with Gasteiger partial charge in [0.1, 0.15) is 46.6 Å². The number of fused-ring (bicyclic) bond motifs is 8. The molecule has 0 radical (unpaired) electrons. The molecule has 8 fully saturated rings. The number of pyridine rings is 4. The maximum absolute atomic E-state index is 14.0. The number of methoxy groups -OCH3 is 1. The Morgan fingerprint density at radius 2 is 0.565 bits per heavy atom. The summed E-state index contributed by atoms with van der Waals surface area (Å²) < 4.78 is 61.2. The van der Waals surface area contributed by atoms with Crippen LogP contribution in [0.15, 0.2) is 189 Å². The number of rotatable bonds is 21. The lowest BCUT2D eigenvalue weighted by Gasteiger charge is -2.32. The van der Waals surface area contributed by atoms with Crippen molar-refractivity contribution in [3.8, 4) is 0 Å². The van der Waals surface area contributed by atoms with Gasteiger partial charge in [-0.25, -0.2) is 37.5 Å². The fourth-order valence-electron chi connectivity index (χ4n) is 25.3. The van der Waals surface area contributed by atoms with Crippen LogP contribution in [0.25, 0.3) is 87.7 Å². The van der Waals surface area contributed by atoms with Gasteiger partial charge in [0.05, 0.1) is 72.3 Å². The van der Waals surface area contributed by atoms with E-state index in [1.54, 1.807) is 55.6 Å². The number of amides is 4. The zero-order valence-electron chi connectivity index (χ0n) is 85.3. The summed E-state index contributed by atoms with van der Waals surface area (Å²) in [6.45, 7) is 11.1. The van der Waals surface area contributed by atoms with Gasteiger partial charge in [-0.3, -0.25) is 39.1 Å². The van der Waals surface area contributed by atoms with E-state index in [0.717, 1.165) is 284 Å². The molecular formula is C122H136F4N16O5. The number of nitrogens with zero attached hydrogens (tertiary/aromatic N) is 8. The number of nitrogens with one attached hydrogen (secondary N) is 8. The number of H-pyrrole nitrogens is 4. The van der Waals surface area contributed by atoms with Crippen LogP contribution < -0.4 is 21.3 Å². The molecule has 0 spiro atoms. The van der Waals surface area contributed by atoms with Crippen LogP contribution in [-0.4, -0.2) is 121 Å². The van der Waals surface area contributed by atoms with E-state index >= 15 is 0 Å². The predicted octanol–water partition coefficient (Wildman–Crippen LogP) is 27.9. The molecule has 16 aromatic rings. The number of hydrogen-bond acceptors (Lipinski definition) is 13. The lowest BCUT2D eigenvalue weighted by Crippen LogP contribution is -2.39. The summed E-state index contributed by atoms with van der Waals surface area (Å²) in [4.78, 5) is 102. The molecule has 4 amide bonds. The van der Waals surface area contributed by atoms with Gasteiger partial charge in [-0.2, -0.15) is 0 Å². The second-order valence-corrected chi connectivity index (χ2v) is 43.9. The van der Waals surface area contributed by atoms with Gasteiger partial charge in [0.25, 0.3) is 23.6 Å². The van der Waals surface area contributed by atoms with Crippen LogP contribution in [-0.2, 0) is 4.74 Å². The smallest absolute Gasteiger partial charge is 0.251 e. The number of carbonyl (C=O) groups is 4. The quantitative estimate of drug-likeness (QED) is 0.0311. The second kappa shape index (κ2) is 44.5. The Balaban J connectivity index is 0.000000115. The largest absolute Gasteiger partial charge is 0.381 e. The standard InChI is InChI=1S/C32H37FN4O2.C31H35FN4O.C30H33FN4O.C29H31FN4O/c1-19(20-3-5-21(6-4-20)26-15-16-34-28-14-8-23(33)18-27(26)28)31-36-29-13-7-22(17-30(29)37-31)32(38)35-24-9-11-25(39-2)12-10-24;1-19(20-7-9-21(10-8-20)25-15-16-33-27-14-12-23(32)18-26(25)27)30-35-28-13-11-22(17-29(28)36-30)31(37)34-24-5-3-2-4-6-24;1-17-14-21(30(36)33-23-4-3-5-23)15-27-28(17)35-29(34-27)18(2)19-6-8-20(9-7-19)24-12-13-32-26-11-10-22(31)16-25(24)26;1-17(28-33-26-11-9-20(15-27(26)34-28)29(35)32-22-3-2-4-22)18-5-7-19(8-6-18)23-13-14-31-25-12-10-21(30)16-24(23)25/h7-8,13-21,24-25H,3-6,9-12H2,1-2H3,(H,35,38)(H,36,37);11-21,24H,2-10H2,1H3,(H,34,37)(H,35,36);10-16,18-20,23H,3-9H2,1-2H3,(H,33,36)(H,34,35);9-19,22H,2-8H2,1H3,(H,32,35)(H,33,34)/t;;18-,19?,20?;17-,18?,19?/m..01/s1. The Bertz CT molecular complexity index is 7450. The minimum Gasteiger partial charge on any atom is -0.381 e. The average molecular weight is 1980 g/mol. The van der Waals surface area contributed by atoms with Crippen LogP contribution in [0.1, 0.15) is 367 Å². The van der Waals surface area contributed by atoms with Crippen molar-refractivity contribution in [1.82, 2.24) is 81.1 Å². The second-order valence-electron chi connectivity index (χ2n) is 43.9. The first-order valence-electron chi connectivity index (χ1n) is 54.5. The highest BCUT2D eigenvalue weighted by Gasteiger charge is 2.37. The van der Waals surface area contributed by atoms with E-state index in [9.17, 15) is 36.7 Å². The molecule has 8 saturated carbocycles. The van der Waals surface area contributed by atoms with E-state index in [1.165, 1.54) is 78.6 Å². The Kier molecular flexibility index (Phi) is 30.2. The highest BCUT2D eigenvalue weighted by molar-refractivity contribution is 6.01. The minimum atomic E-state index is -0.209. The van der Waals surface area contributed by atoms with Crippen LogP contribution in [0.3, 0.4) is 0 Å². The number of aryl methyl sites for hydroxylation is 1. The summed E-state index contributed by atoms with van der Waals surface area (Å²) in [7, 11) is 1.76. The van der Waals surface area contributed by atoms with Gasteiger partial charge in [-0.05, 0) is 426 Å². The number of benzene rings is 8. The molecule has 25 heteroatoms. The maximum Gasteiger partial charge on any atom is 0.251 e. The number of aromatic amines is 4. The number of carbonyl (C=O) groups excluding carboxylic acids is 4. The monoisotopic (exact) mass is 1980 g/mol. The van der Waals surface area contributed by atoms with Gasteiger partial charge in [0.2, 0.25) is 0 Å². The third-order valence-electron chi connectivity index (χ3n) is 34.9. The zero-order valence-corrected chi connectivity index (χ0v) is 85.3. The number of ether oxygens (including phenoxy) is 1. The van der Waals surface area contributed by atoms with Crippen LogP contribution in [0.5, 0.6) is 0 Å². The Morgan fingerprint density at radius 3 is 0.864 bits per heavy atom. The highest BCUT2D eigenvalue weighted by Crippen LogP contribution is 2.49. The molecule has 8 aliphatic rings. The molecule has 21 nitrogen and oxygen atoms in total. The van der Waals surface area contributed by atoms with Crippen LogP contribution >= 0.6 is 0 Å². The molecule has 2 unspecified atom stereocenters. The molecule has 24 rings (SSSR count). The molecule has 8 N–H and O–H groups in total. The Hall–Kier alpha value is -13.2. The van der Waals surface area contributed by atoms with Gasteiger partial charge < -0.3 is 45.9 Å². The Labute approximate surface area is 856 Å². The average Bonchev–Trinajstić information content (AvgIpc) is 1.70. The lowest BCUT2D eigenvalue weighted by atomic mass is 9.73. The molecule has 8 aliphatic carbocycles. The van der Waals surface area contributed by atoms with Gasteiger partial charge in [-0.15, -0.1) is 0 Å². The SMILES string of the molecule is CC(c1nc2ccc(C(=O)NC3CCCCC3)cc2[nH]1)C1CCC(c2ccnc3ccc(F)cc23)CC1.COC1CCC(NC(=O)c2ccc3nc(C(C)C4CCC(c5ccnc6ccc(F)cc56)CC4)[nH]c3c2)CC1.C[C@@H](c1nc2ccc(C(=O)NC3CCC3)cc2[nH]1)C1CCC(c2ccnc3ccc(F)cc23)CC1.Cc1cc(C(=O)NC2CCC2)cc2[nH]c([C@@H](C)C3CCC(c4ccnc5ccc(F)cc45)CC3)nc12. The number of imidazole rings is 4. The van der Waals surface area contributed by atoms with Crippen molar-refractivity contribution >= 4 is 111 Å². The molecule has 4 atom stereocenters. The summed E-state index contributed by atoms with van der Waals surface area (Å²) in [5, 5.41) is 16.4. The molecular weight excluding hydrogens is 1850 g/mol. The van der Waals surface area contributed by atoms with E-state index in [-0.39, 0.29) is 52.9 Å².